The molecule has 4 nitrogen and oxygen atoms in total. The Morgan fingerprint density at radius 3 is 3.07 bits per heavy atom. The van der Waals surface area contributed by atoms with E-state index in [1.807, 2.05) is 13.8 Å². The predicted octanol–water partition coefficient (Wildman–Crippen LogP) is 0.137. The van der Waals surface area contributed by atoms with Crippen LogP contribution in [-0.4, -0.2) is 38.3 Å². The molecule has 2 atom stereocenters. The highest BCUT2D eigenvalue weighted by atomic mass is 16.5. The fourth-order valence-electron chi connectivity index (χ4n) is 1.61. The summed E-state index contributed by atoms with van der Waals surface area (Å²) in [5.41, 5.74) is 0. The molecule has 1 heterocycles. The third-order valence-corrected chi connectivity index (χ3v) is 2.45. The number of ether oxygens (including phenoxy) is 1. The molecule has 0 aromatic rings. The number of nitrogens with one attached hydrogen (secondary N) is 2. The largest absolute Gasteiger partial charge is 0.377 e. The lowest BCUT2D eigenvalue weighted by atomic mass is 10.1. The molecule has 1 rings (SSSR count). The quantitative estimate of drug-likeness (QED) is 0.663. The van der Waals surface area contributed by atoms with Gasteiger partial charge in [0, 0.05) is 19.7 Å². The van der Waals surface area contributed by atoms with Crippen molar-refractivity contribution in [1.29, 1.82) is 0 Å². The van der Waals surface area contributed by atoms with E-state index < -0.39 is 0 Å². The third kappa shape index (κ3) is 3.64. The van der Waals surface area contributed by atoms with Crippen LogP contribution < -0.4 is 10.6 Å². The lowest BCUT2D eigenvalue weighted by Crippen LogP contribution is -2.37. The van der Waals surface area contributed by atoms with Gasteiger partial charge in [-0.05, 0) is 26.8 Å². The van der Waals surface area contributed by atoms with E-state index in [0.717, 1.165) is 19.5 Å². The molecule has 82 valence electrons. The minimum Gasteiger partial charge on any atom is -0.377 e. The van der Waals surface area contributed by atoms with Crippen LogP contribution in [0.3, 0.4) is 0 Å². The molecular weight excluding hydrogens is 180 g/mol. The first-order valence-electron chi connectivity index (χ1n) is 5.34. The summed E-state index contributed by atoms with van der Waals surface area (Å²) < 4.78 is 5.32. The molecule has 0 spiro atoms. The van der Waals surface area contributed by atoms with Gasteiger partial charge in [0.15, 0.2) is 0 Å². The van der Waals surface area contributed by atoms with Gasteiger partial charge in [0.1, 0.15) is 0 Å². The molecule has 2 N–H and O–H groups in total. The SMILES string of the molecule is CCOC(C)CNC(=O)C1CCNC1. The van der Waals surface area contributed by atoms with Gasteiger partial charge in [-0.2, -0.15) is 0 Å². The van der Waals surface area contributed by atoms with Gasteiger partial charge in [0.2, 0.25) is 5.91 Å². The fourth-order valence-corrected chi connectivity index (χ4v) is 1.61. The van der Waals surface area contributed by atoms with Gasteiger partial charge in [-0.3, -0.25) is 4.79 Å². The Hall–Kier alpha value is -0.610. The van der Waals surface area contributed by atoms with Crippen LogP contribution in [0, 0.1) is 5.92 Å². The zero-order chi connectivity index (χ0) is 10.4. The molecule has 0 bridgehead atoms. The molecule has 1 fully saturated rings. The normalized spacial score (nSPS) is 23.4. The summed E-state index contributed by atoms with van der Waals surface area (Å²) in [6, 6.07) is 0. The molecule has 0 aromatic heterocycles. The second-order valence-electron chi connectivity index (χ2n) is 3.70. The molecule has 14 heavy (non-hydrogen) atoms. The van der Waals surface area contributed by atoms with Crippen LogP contribution in [-0.2, 0) is 9.53 Å². The summed E-state index contributed by atoms with van der Waals surface area (Å²) in [5.74, 6) is 0.311. The second kappa shape index (κ2) is 5.98. The summed E-state index contributed by atoms with van der Waals surface area (Å²) >= 11 is 0. The second-order valence-corrected chi connectivity index (χ2v) is 3.70. The van der Waals surface area contributed by atoms with Gasteiger partial charge in [-0.15, -0.1) is 0 Å². The van der Waals surface area contributed by atoms with Crippen molar-refractivity contribution in [2.24, 2.45) is 5.92 Å². The Kier molecular flexibility index (Phi) is 4.90. The summed E-state index contributed by atoms with van der Waals surface area (Å²) in [6.07, 6.45) is 1.06. The van der Waals surface area contributed by atoms with E-state index in [1.165, 1.54) is 0 Å². The predicted molar refractivity (Wildman–Crippen MR) is 55.1 cm³/mol. The van der Waals surface area contributed by atoms with Gasteiger partial charge >= 0.3 is 0 Å². The van der Waals surface area contributed by atoms with E-state index in [0.29, 0.717) is 13.2 Å². The third-order valence-electron chi connectivity index (χ3n) is 2.45. The Morgan fingerprint density at radius 2 is 2.50 bits per heavy atom. The molecule has 1 amide bonds. The maximum absolute atomic E-state index is 11.5. The Labute approximate surface area is 85.4 Å². The van der Waals surface area contributed by atoms with Crippen LogP contribution in [0.25, 0.3) is 0 Å². The minimum atomic E-state index is 0.110. The van der Waals surface area contributed by atoms with Crippen molar-refractivity contribution in [3.63, 3.8) is 0 Å². The first-order chi connectivity index (χ1) is 6.74. The van der Waals surface area contributed by atoms with Crippen LogP contribution in [0.4, 0.5) is 0 Å². The van der Waals surface area contributed by atoms with Crippen molar-refractivity contribution in [3.05, 3.63) is 0 Å². The monoisotopic (exact) mass is 200 g/mol. The van der Waals surface area contributed by atoms with Gasteiger partial charge in [-0.25, -0.2) is 0 Å². The lowest BCUT2D eigenvalue weighted by Gasteiger charge is -2.14. The van der Waals surface area contributed by atoms with Gasteiger partial charge < -0.3 is 15.4 Å². The highest BCUT2D eigenvalue weighted by Crippen LogP contribution is 2.06. The first-order valence-corrected chi connectivity index (χ1v) is 5.34. The van der Waals surface area contributed by atoms with E-state index in [-0.39, 0.29) is 17.9 Å². The Bertz CT molecular complexity index is 179. The smallest absolute Gasteiger partial charge is 0.224 e. The molecule has 0 aliphatic carbocycles. The molecule has 1 saturated heterocycles. The fraction of sp³-hybridized carbons (Fsp3) is 0.900. The van der Waals surface area contributed by atoms with Crippen molar-refractivity contribution in [2.75, 3.05) is 26.2 Å². The van der Waals surface area contributed by atoms with Gasteiger partial charge in [0.05, 0.1) is 12.0 Å². The van der Waals surface area contributed by atoms with E-state index in [4.69, 9.17) is 4.74 Å². The zero-order valence-electron chi connectivity index (χ0n) is 9.01. The van der Waals surface area contributed by atoms with Crippen LogP contribution in [0.15, 0.2) is 0 Å². The molecule has 4 heteroatoms. The first kappa shape index (κ1) is 11.5. The molecule has 0 saturated carbocycles. The van der Waals surface area contributed by atoms with Crippen LogP contribution in [0.2, 0.25) is 0 Å². The summed E-state index contributed by atoms with van der Waals surface area (Å²) in [7, 11) is 0. The summed E-state index contributed by atoms with van der Waals surface area (Å²) in [5, 5.41) is 6.08. The van der Waals surface area contributed by atoms with Crippen molar-refractivity contribution < 1.29 is 9.53 Å². The highest BCUT2D eigenvalue weighted by molar-refractivity contribution is 5.79. The van der Waals surface area contributed by atoms with Gasteiger partial charge in [-0.1, -0.05) is 0 Å². The van der Waals surface area contributed by atoms with E-state index in [2.05, 4.69) is 10.6 Å². The molecule has 0 aromatic carbocycles. The molecule has 1 aliphatic rings. The van der Waals surface area contributed by atoms with Crippen molar-refractivity contribution in [3.8, 4) is 0 Å². The maximum Gasteiger partial charge on any atom is 0.224 e. The van der Waals surface area contributed by atoms with Crippen LogP contribution in [0.5, 0.6) is 0 Å². The zero-order valence-corrected chi connectivity index (χ0v) is 9.01. The maximum atomic E-state index is 11.5. The van der Waals surface area contributed by atoms with E-state index >= 15 is 0 Å². The van der Waals surface area contributed by atoms with Gasteiger partial charge in [0.25, 0.3) is 0 Å². The van der Waals surface area contributed by atoms with Crippen molar-refractivity contribution >= 4 is 5.91 Å². The molecule has 2 unspecified atom stereocenters. The highest BCUT2D eigenvalue weighted by Gasteiger charge is 2.22. The van der Waals surface area contributed by atoms with E-state index in [9.17, 15) is 4.79 Å². The topological polar surface area (TPSA) is 50.4 Å². The van der Waals surface area contributed by atoms with Crippen molar-refractivity contribution in [1.82, 2.24) is 10.6 Å². The molecular formula is C10H20N2O2. The Morgan fingerprint density at radius 1 is 1.71 bits per heavy atom. The van der Waals surface area contributed by atoms with Crippen LogP contribution in [0.1, 0.15) is 20.3 Å². The summed E-state index contributed by atoms with van der Waals surface area (Å²) in [6.45, 7) is 7.01. The molecule has 0 radical (unpaired) electrons. The number of carbonyl (C=O) groups is 1. The molecule has 1 aliphatic heterocycles. The number of carbonyl (C=O) groups excluding carboxylic acids is 1. The van der Waals surface area contributed by atoms with E-state index in [1.54, 1.807) is 0 Å². The number of rotatable bonds is 5. The van der Waals surface area contributed by atoms with Crippen molar-refractivity contribution in [2.45, 2.75) is 26.4 Å². The average molecular weight is 200 g/mol. The average Bonchev–Trinajstić information content (AvgIpc) is 2.67. The number of hydrogen-bond acceptors (Lipinski definition) is 3. The number of amides is 1. The lowest BCUT2D eigenvalue weighted by molar-refractivity contribution is -0.125. The number of hydrogen-bond donors (Lipinski definition) is 2. The minimum absolute atomic E-state index is 0.110. The van der Waals surface area contributed by atoms with Crippen LogP contribution >= 0.6 is 0 Å². The summed E-state index contributed by atoms with van der Waals surface area (Å²) in [4.78, 5) is 11.5. The Balaban J connectivity index is 2.13. The standard InChI is InChI=1S/C10H20N2O2/c1-3-14-8(2)6-12-10(13)9-4-5-11-7-9/h8-9,11H,3-7H2,1-2H3,(H,12,13).